The standard InChI is InChI=1S/C23H19NO5S/c1-29-18-9-6-15(7-10-18)14-24-23(26)16-8-11-21-17(12-16)13-20(25)19-4-2-3-5-22(19)30(21,27)28/h2-12H,13-14H2,1H3,(H,24,26). The van der Waals surface area contributed by atoms with Crippen LogP contribution in [0.25, 0.3) is 0 Å². The first kappa shape index (κ1) is 19.8. The molecular formula is C23H19NO5S. The number of carbonyl (C=O) groups excluding carboxylic acids is 2. The summed E-state index contributed by atoms with van der Waals surface area (Å²) in [5.41, 5.74) is 1.70. The van der Waals surface area contributed by atoms with Gasteiger partial charge in [-0.1, -0.05) is 30.3 Å². The van der Waals surface area contributed by atoms with Gasteiger partial charge in [0.05, 0.1) is 16.9 Å². The van der Waals surface area contributed by atoms with Crippen LogP contribution in [0.15, 0.2) is 76.5 Å². The number of amides is 1. The van der Waals surface area contributed by atoms with E-state index in [1.165, 1.54) is 30.3 Å². The quantitative estimate of drug-likeness (QED) is 0.699. The molecule has 1 aliphatic heterocycles. The minimum Gasteiger partial charge on any atom is -0.497 e. The largest absolute Gasteiger partial charge is 0.497 e. The topological polar surface area (TPSA) is 89.5 Å². The van der Waals surface area contributed by atoms with Crippen LogP contribution in [0.5, 0.6) is 5.75 Å². The van der Waals surface area contributed by atoms with Crippen LogP contribution in [0.1, 0.15) is 31.8 Å². The highest BCUT2D eigenvalue weighted by Crippen LogP contribution is 2.32. The molecule has 0 fully saturated rings. The van der Waals surface area contributed by atoms with E-state index in [0.717, 1.165) is 11.3 Å². The summed E-state index contributed by atoms with van der Waals surface area (Å²) >= 11 is 0. The van der Waals surface area contributed by atoms with E-state index in [1.54, 1.807) is 31.4 Å². The Kier molecular flexibility index (Phi) is 5.13. The maximum absolute atomic E-state index is 13.0. The lowest BCUT2D eigenvalue weighted by atomic mass is 10.0. The van der Waals surface area contributed by atoms with Gasteiger partial charge in [-0.15, -0.1) is 0 Å². The van der Waals surface area contributed by atoms with Crippen LogP contribution in [0.2, 0.25) is 0 Å². The van der Waals surface area contributed by atoms with Crippen molar-refractivity contribution >= 4 is 21.5 Å². The molecule has 0 saturated heterocycles. The van der Waals surface area contributed by atoms with Crippen molar-refractivity contribution in [1.29, 1.82) is 0 Å². The molecule has 0 aliphatic carbocycles. The Labute approximate surface area is 174 Å². The Hall–Kier alpha value is -3.45. The minimum absolute atomic E-state index is 0.00505. The summed E-state index contributed by atoms with van der Waals surface area (Å²) in [6, 6.07) is 17.8. The van der Waals surface area contributed by atoms with E-state index in [9.17, 15) is 18.0 Å². The summed E-state index contributed by atoms with van der Waals surface area (Å²) in [4.78, 5) is 25.3. The molecule has 1 amide bonds. The number of ketones is 1. The highest BCUT2D eigenvalue weighted by molar-refractivity contribution is 7.91. The zero-order chi connectivity index (χ0) is 21.3. The number of hydrogen-bond donors (Lipinski definition) is 1. The zero-order valence-corrected chi connectivity index (χ0v) is 17.0. The molecule has 0 radical (unpaired) electrons. The van der Waals surface area contributed by atoms with Crippen molar-refractivity contribution in [2.24, 2.45) is 0 Å². The van der Waals surface area contributed by atoms with Crippen molar-refractivity contribution < 1.29 is 22.7 Å². The molecule has 0 aromatic heterocycles. The molecule has 0 unspecified atom stereocenters. The number of benzene rings is 3. The fraction of sp³-hybridized carbons (Fsp3) is 0.130. The normalized spacial score (nSPS) is 14.2. The van der Waals surface area contributed by atoms with Crippen LogP contribution in [-0.4, -0.2) is 27.2 Å². The van der Waals surface area contributed by atoms with E-state index in [0.29, 0.717) is 17.7 Å². The van der Waals surface area contributed by atoms with Gasteiger partial charge in [-0.2, -0.15) is 0 Å². The molecule has 30 heavy (non-hydrogen) atoms. The highest BCUT2D eigenvalue weighted by Gasteiger charge is 2.31. The van der Waals surface area contributed by atoms with Gasteiger partial charge in [0.15, 0.2) is 5.78 Å². The van der Waals surface area contributed by atoms with Crippen molar-refractivity contribution in [3.05, 3.63) is 89.0 Å². The summed E-state index contributed by atoms with van der Waals surface area (Å²) in [5.74, 6) is 0.0895. The molecule has 1 heterocycles. The van der Waals surface area contributed by atoms with Crippen LogP contribution in [0, 0.1) is 0 Å². The van der Waals surface area contributed by atoms with Crippen molar-refractivity contribution in [2.75, 3.05) is 7.11 Å². The van der Waals surface area contributed by atoms with Gasteiger partial charge in [0, 0.05) is 24.1 Å². The first-order valence-electron chi connectivity index (χ1n) is 9.31. The average molecular weight is 421 g/mol. The lowest BCUT2D eigenvalue weighted by Crippen LogP contribution is -2.23. The molecule has 0 saturated carbocycles. The van der Waals surface area contributed by atoms with Crippen LogP contribution in [-0.2, 0) is 22.8 Å². The molecule has 0 bridgehead atoms. The molecule has 152 valence electrons. The number of methoxy groups -OCH3 is 1. The van der Waals surface area contributed by atoms with Crippen LogP contribution < -0.4 is 10.1 Å². The van der Waals surface area contributed by atoms with Gasteiger partial charge in [0.25, 0.3) is 5.91 Å². The number of sulfone groups is 1. The maximum Gasteiger partial charge on any atom is 0.251 e. The Bertz CT molecular complexity index is 1250. The predicted molar refractivity (Wildman–Crippen MR) is 111 cm³/mol. The number of hydrogen-bond acceptors (Lipinski definition) is 5. The first-order chi connectivity index (χ1) is 14.4. The van der Waals surface area contributed by atoms with Crippen LogP contribution in [0.3, 0.4) is 0 Å². The summed E-state index contributed by atoms with van der Waals surface area (Å²) in [6.45, 7) is 0.308. The molecule has 3 aromatic carbocycles. The number of nitrogens with one attached hydrogen (secondary N) is 1. The van der Waals surface area contributed by atoms with Gasteiger partial charge in [-0.25, -0.2) is 8.42 Å². The summed E-state index contributed by atoms with van der Waals surface area (Å²) in [5, 5.41) is 2.81. The molecule has 7 heteroatoms. The SMILES string of the molecule is COc1ccc(CNC(=O)c2ccc3c(c2)CC(=O)c2ccccc2S3(=O)=O)cc1. The van der Waals surface area contributed by atoms with Crippen molar-refractivity contribution in [1.82, 2.24) is 5.32 Å². The molecular weight excluding hydrogens is 402 g/mol. The second-order valence-electron chi connectivity index (χ2n) is 6.95. The van der Waals surface area contributed by atoms with Crippen molar-refractivity contribution in [3.8, 4) is 5.75 Å². The fourth-order valence-corrected chi connectivity index (χ4v) is 5.16. The molecule has 6 nitrogen and oxygen atoms in total. The predicted octanol–water partition coefficient (Wildman–Crippen LogP) is 3.20. The van der Waals surface area contributed by atoms with E-state index in [2.05, 4.69) is 5.32 Å². The fourth-order valence-electron chi connectivity index (χ4n) is 3.47. The van der Waals surface area contributed by atoms with Gasteiger partial charge in [-0.3, -0.25) is 9.59 Å². The molecule has 3 aromatic rings. The monoisotopic (exact) mass is 421 g/mol. The van der Waals surface area contributed by atoms with E-state index >= 15 is 0 Å². The number of ether oxygens (including phenoxy) is 1. The minimum atomic E-state index is -3.84. The van der Waals surface area contributed by atoms with Crippen LogP contribution in [0.4, 0.5) is 0 Å². The molecule has 4 rings (SSSR count). The Morgan fingerprint density at radius 1 is 1.00 bits per heavy atom. The van der Waals surface area contributed by atoms with Gasteiger partial charge < -0.3 is 10.1 Å². The Morgan fingerprint density at radius 3 is 2.47 bits per heavy atom. The number of Topliss-reactive ketones (excluding diaryl/α,β-unsaturated/α-hetero) is 1. The van der Waals surface area contributed by atoms with E-state index in [-0.39, 0.29) is 33.5 Å². The molecule has 1 N–H and O–H groups in total. The smallest absolute Gasteiger partial charge is 0.251 e. The van der Waals surface area contributed by atoms with Gasteiger partial charge in [-0.05, 0) is 47.5 Å². The highest BCUT2D eigenvalue weighted by atomic mass is 32.2. The van der Waals surface area contributed by atoms with Crippen molar-refractivity contribution in [2.45, 2.75) is 22.8 Å². The Morgan fingerprint density at radius 2 is 1.73 bits per heavy atom. The maximum atomic E-state index is 13.0. The van der Waals surface area contributed by atoms with Crippen LogP contribution >= 0.6 is 0 Å². The third-order valence-corrected chi connectivity index (χ3v) is 6.96. The van der Waals surface area contributed by atoms with Gasteiger partial charge in [0.1, 0.15) is 5.75 Å². The van der Waals surface area contributed by atoms with E-state index in [4.69, 9.17) is 4.74 Å². The summed E-state index contributed by atoms with van der Waals surface area (Å²) in [6.07, 6.45) is -0.0782. The summed E-state index contributed by atoms with van der Waals surface area (Å²) < 4.78 is 31.2. The zero-order valence-electron chi connectivity index (χ0n) is 16.2. The number of fused-ring (bicyclic) bond motifs is 2. The lowest BCUT2D eigenvalue weighted by Gasteiger charge is -2.10. The number of rotatable bonds is 4. The summed E-state index contributed by atoms with van der Waals surface area (Å²) in [7, 11) is -2.26. The van der Waals surface area contributed by atoms with Crippen molar-refractivity contribution in [3.63, 3.8) is 0 Å². The van der Waals surface area contributed by atoms with E-state index in [1.807, 2.05) is 12.1 Å². The van der Waals surface area contributed by atoms with E-state index < -0.39 is 9.84 Å². The number of carbonyl (C=O) groups is 2. The van der Waals surface area contributed by atoms with Gasteiger partial charge >= 0.3 is 0 Å². The lowest BCUT2D eigenvalue weighted by molar-refractivity contribution is 0.0947. The molecule has 1 aliphatic rings. The second kappa shape index (κ2) is 7.76. The first-order valence-corrected chi connectivity index (χ1v) is 10.8. The molecule has 0 atom stereocenters. The Balaban J connectivity index is 1.60. The van der Waals surface area contributed by atoms with Gasteiger partial charge in [0.2, 0.25) is 9.84 Å². The molecule has 0 spiro atoms. The third kappa shape index (κ3) is 3.59. The average Bonchev–Trinajstić information content (AvgIpc) is 2.85. The third-order valence-electron chi connectivity index (χ3n) is 5.05. The second-order valence-corrected chi connectivity index (χ2v) is 8.84.